The van der Waals surface area contributed by atoms with Crippen LogP contribution in [0.25, 0.3) is 0 Å². The van der Waals surface area contributed by atoms with Gasteiger partial charge < -0.3 is 15.7 Å². The van der Waals surface area contributed by atoms with Gasteiger partial charge in [0.2, 0.25) is 0 Å². The number of carbonyl (C=O) groups excluding carboxylic acids is 2. The Morgan fingerprint density at radius 2 is 1.87 bits per heavy atom. The van der Waals surface area contributed by atoms with Crippen molar-refractivity contribution in [2.75, 3.05) is 10.6 Å². The highest BCUT2D eigenvalue weighted by molar-refractivity contribution is 7.90. The third kappa shape index (κ3) is 4.00. The molecule has 0 bridgehead atoms. The molecule has 2 aromatic carbocycles. The summed E-state index contributed by atoms with van der Waals surface area (Å²) in [7, 11) is -4.18. The fourth-order valence-corrected chi connectivity index (χ4v) is 5.70. The minimum absolute atomic E-state index is 0.0828. The fraction of sp³-hybridized carbons (Fsp3) is 0.333. The SMILES string of the molecule is Cc1cc(NC(=O)c2ccc3c(c2)S(=O)(=O)N(C2CCC(O)CC2)C(=O)N3)ccc1F. The first-order valence-corrected chi connectivity index (χ1v) is 11.4. The maximum atomic E-state index is 13.4. The summed E-state index contributed by atoms with van der Waals surface area (Å²) in [6.45, 7) is 1.57. The molecule has 1 saturated carbocycles. The minimum atomic E-state index is -4.18. The summed E-state index contributed by atoms with van der Waals surface area (Å²) in [6, 6.07) is 6.83. The Labute approximate surface area is 179 Å². The number of hydrogen-bond donors (Lipinski definition) is 3. The normalized spacial score (nSPS) is 22.4. The molecule has 2 aromatic rings. The van der Waals surface area contributed by atoms with Crippen molar-refractivity contribution in [2.45, 2.75) is 49.6 Å². The van der Waals surface area contributed by atoms with Crippen molar-refractivity contribution >= 4 is 33.3 Å². The number of carbonyl (C=O) groups is 2. The number of sulfonamides is 1. The molecular formula is C21H22FN3O5S. The molecule has 0 aromatic heterocycles. The van der Waals surface area contributed by atoms with E-state index in [4.69, 9.17) is 0 Å². The first-order valence-electron chi connectivity index (χ1n) is 9.92. The Kier molecular flexibility index (Phi) is 5.44. The van der Waals surface area contributed by atoms with Crippen LogP contribution in [0.1, 0.15) is 41.6 Å². The highest BCUT2D eigenvalue weighted by Gasteiger charge is 2.42. The van der Waals surface area contributed by atoms with Crippen LogP contribution in [0.2, 0.25) is 0 Å². The van der Waals surface area contributed by atoms with E-state index < -0.39 is 39.9 Å². The van der Waals surface area contributed by atoms with E-state index in [0.29, 0.717) is 36.9 Å². The number of halogens is 1. The minimum Gasteiger partial charge on any atom is -0.393 e. The third-order valence-electron chi connectivity index (χ3n) is 5.64. The molecule has 164 valence electrons. The molecule has 1 heterocycles. The molecule has 8 nitrogen and oxygen atoms in total. The van der Waals surface area contributed by atoms with E-state index in [1.165, 1.54) is 36.4 Å². The number of nitrogens with zero attached hydrogens (tertiary/aromatic N) is 1. The zero-order chi connectivity index (χ0) is 22.3. The second kappa shape index (κ2) is 7.93. The molecule has 1 aliphatic heterocycles. The quantitative estimate of drug-likeness (QED) is 0.668. The topological polar surface area (TPSA) is 116 Å². The number of aliphatic hydroxyl groups excluding tert-OH is 1. The molecule has 0 saturated heterocycles. The summed E-state index contributed by atoms with van der Waals surface area (Å²) in [4.78, 5) is 25.0. The number of hydrogen-bond acceptors (Lipinski definition) is 5. The Balaban J connectivity index is 1.63. The van der Waals surface area contributed by atoms with Gasteiger partial charge in [0.15, 0.2) is 0 Å². The number of benzene rings is 2. The number of amides is 3. The molecular weight excluding hydrogens is 425 g/mol. The van der Waals surface area contributed by atoms with Gasteiger partial charge >= 0.3 is 6.03 Å². The summed E-state index contributed by atoms with van der Waals surface area (Å²) >= 11 is 0. The average Bonchev–Trinajstić information content (AvgIpc) is 2.71. The van der Waals surface area contributed by atoms with Crippen LogP contribution < -0.4 is 10.6 Å². The van der Waals surface area contributed by atoms with E-state index in [1.54, 1.807) is 6.92 Å². The Bertz CT molecular complexity index is 1160. The molecule has 3 N–H and O–H groups in total. The molecule has 1 fully saturated rings. The lowest BCUT2D eigenvalue weighted by molar-refractivity contribution is 0.102. The maximum Gasteiger partial charge on any atom is 0.336 e. The Hall–Kier alpha value is -2.98. The standard InChI is InChI=1S/C21H22FN3O5S/c1-12-10-14(3-8-17(12)22)23-20(27)13-2-9-18-19(11-13)31(29,30)25(21(28)24-18)15-4-6-16(26)7-5-15/h2-3,8-11,15-16,26H,4-7H2,1H3,(H,23,27)(H,24,28). The fourth-order valence-electron chi connectivity index (χ4n) is 3.95. The summed E-state index contributed by atoms with van der Waals surface area (Å²) in [5.41, 5.74) is 0.924. The highest BCUT2D eigenvalue weighted by atomic mass is 32.2. The summed E-state index contributed by atoms with van der Waals surface area (Å²) < 4.78 is 40.7. The van der Waals surface area contributed by atoms with E-state index in [1.807, 2.05) is 0 Å². The van der Waals surface area contributed by atoms with Gasteiger partial charge in [-0.2, -0.15) is 0 Å². The largest absolute Gasteiger partial charge is 0.393 e. The third-order valence-corrected chi connectivity index (χ3v) is 7.51. The Morgan fingerprint density at radius 3 is 2.55 bits per heavy atom. The second-order valence-electron chi connectivity index (χ2n) is 7.82. The monoisotopic (exact) mass is 447 g/mol. The van der Waals surface area contributed by atoms with Gasteiger partial charge in [-0.15, -0.1) is 0 Å². The molecule has 10 heteroatoms. The number of aliphatic hydroxyl groups is 1. The van der Waals surface area contributed by atoms with Crippen LogP contribution in [0.5, 0.6) is 0 Å². The lowest BCUT2D eigenvalue weighted by Gasteiger charge is -2.37. The van der Waals surface area contributed by atoms with Gasteiger partial charge in [0.05, 0.1) is 17.8 Å². The van der Waals surface area contributed by atoms with Crippen molar-refractivity contribution in [1.29, 1.82) is 0 Å². The van der Waals surface area contributed by atoms with Crippen molar-refractivity contribution in [3.63, 3.8) is 0 Å². The van der Waals surface area contributed by atoms with Gasteiger partial charge in [-0.3, -0.25) is 4.79 Å². The van der Waals surface area contributed by atoms with E-state index in [-0.39, 0.29) is 16.1 Å². The highest BCUT2D eigenvalue weighted by Crippen LogP contribution is 2.35. The van der Waals surface area contributed by atoms with Crippen molar-refractivity contribution in [1.82, 2.24) is 4.31 Å². The van der Waals surface area contributed by atoms with Gasteiger partial charge in [0.25, 0.3) is 15.9 Å². The lowest BCUT2D eigenvalue weighted by Crippen LogP contribution is -2.51. The summed E-state index contributed by atoms with van der Waals surface area (Å²) in [6.07, 6.45) is 1.07. The summed E-state index contributed by atoms with van der Waals surface area (Å²) in [5.74, 6) is -0.961. The molecule has 0 unspecified atom stereocenters. The zero-order valence-electron chi connectivity index (χ0n) is 16.8. The molecule has 1 aliphatic carbocycles. The predicted molar refractivity (Wildman–Crippen MR) is 112 cm³/mol. The number of nitrogens with one attached hydrogen (secondary N) is 2. The molecule has 2 aliphatic rings. The van der Waals surface area contributed by atoms with Crippen LogP contribution in [0.15, 0.2) is 41.3 Å². The van der Waals surface area contributed by atoms with Gasteiger partial charge in [-0.25, -0.2) is 21.9 Å². The van der Waals surface area contributed by atoms with Crippen LogP contribution in [0.3, 0.4) is 0 Å². The number of aryl methyl sites for hydroxylation is 1. The molecule has 3 amide bonds. The number of fused-ring (bicyclic) bond motifs is 1. The molecule has 0 spiro atoms. The van der Waals surface area contributed by atoms with Crippen molar-refractivity contribution in [3.05, 3.63) is 53.3 Å². The van der Waals surface area contributed by atoms with E-state index in [9.17, 15) is 27.5 Å². The lowest BCUT2D eigenvalue weighted by atomic mass is 9.93. The maximum absolute atomic E-state index is 13.4. The Morgan fingerprint density at radius 1 is 1.16 bits per heavy atom. The average molecular weight is 447 g/mol. The smallest absolute Gasteiger partial charge is 0.336 e. The first kappa shape index (κ1) is 21.3. The van der Waals surface area contributed by atoms with Crippen LogP contribution in [-0.4, -0.2) is 41.9 Å². The molecule has 31 heavy (non-hydrogen) atoms. The number of urea groups is 1. The number of anilines is 2. The second-order valence-corrected chi connectivity index (χ2v) is 9.61. The van der Waals surface area contributed by atoms with Gasteiger partial charge in [-0.05, 0) is 74.6 Å². The summed E-state index contributed by atoms with van der Waals surface area (Å²) in [5, 5.41) is 14.9. The van der Waals surface area contributed by atoms with Gasteiger partial charge in [0.1, 0.15) is 10.7 Å². The van der Waals surface area contributed by atoms with Crippen molar-refractivity contribution in [3.8, 4) is 0 Å². The van der Waals surface area contributed by atoms with Crippen molar-refractivity contribution in [2.24, 2.45) is 0 Å². The van der Waals surface area contributed by atoms with Crippen LogP contribution in [0, 0.1) is 12.7 Å². The van der Waals surface area contributed by atoms with Crippen LogP contribution in [0.4, 0.5) is 20.6 Å². The van der Waals surface area contributed by atoms with Gasteiger partial charge in [-0.1, -0.05) is 0 Å². The van der Waals surface area contributed by atoms with Crippen LogP contribution in [-0.2, 0) is 10.0 Å². The molecule has 0 atom stereocenters. The first-order chi connectivity index (χ1) is 14.7. The number of rotatable bonds is 3. The zero-order valence-corrected chi connectivity index (χ0v) is 17.6. The van der Waals surface area contributed by atoms with Crippen molar-refractivity contribution < 1.29 is 27.5 Å². The van der Waals surface area contributed by atoms with Gasteiger partial charge in [0, 0.05) is 11.3 Å². The van der Waals surface area contributed by atoms with E-state index >= 15 is 0 Å². The van der Waals surface area contributed by atoms with Crippen LogP contribution >= 0.6 is 0 Å². The predicted octanol–water partition coefficient (Wildman–Crippen LogP) is 3.23. The molecule has 4 rings (SSSR count). The van der Waals surface area contributed by atoms with E-state index in [2.05, 4.69) is 10.6 Å². The van der Waals surface area contributed by atoms with E-state index in [0.717, 1.165) is 4.31 Å². The molecule has 0 radical (unpaired) electrons.